The third-order valence-corrected chi connectivity index (χ3v) is 2.31. The minimum absolute atomic E-state index is 0.598. The minimum Gasteiger partial charge on any atom is -0.261 e. The lowest BCUT2D eigenvalue weighted by Gasteiger charge is -2.10. The Morgan fingerprint density at radius 1 is 1.38 bits per heavy atom. The number of pyridine rings is 1. The van der Waals surface area contributed by atoms with Gasteiger partial charge < -0.3 is 0 Å². The molecule has 0 N–H and O–H groups in total. The van der Waals surface area contributed by atoms with E-state index < -0.39 is 0 Å². The summed E-state index contributed by atoms with van der Waals surface area (Å²) < 4.78 is 0. The van der Waals surface area contributed by atoms with E-state index in [0.29, 0.717) is 5.92 Å². The van der Waals surface area contributed by atoms with E-state index in [1.807, 2.05) is 12.3 Å². The Morgan fingerprint density at radius 3 is 2.77 bits per heavy atom. The first-order valence-corrected chi connectivity index (χ1v) is 5.19. The molecular formula is C12H19N. The fourth-order valence-electron chi connectivity index (χ4n) is 1.53. The van der Waals surface area contributed by atoms with E-state index in [2.05, 4.69) is 31.8 Å². The van der Waals surface area contributed by atoms with E-state index in [4.69, 9.17) is 0 Å². The summed E-state index contributed by atoms with van der Waals surface area (Å²) in [5.41, 5.74) is 2.70. The number of aryl methyl sites for hydroxylation is 1. The van der Waals surface area contributed by atoms with Crippen LogP contribution in [0.4, 0.5) is 0 Å². The van der Waals surface area contributed by atoms with Crippen LogP contribution in [-0.2, 0) is 6.42 Å². The van der Waals surface area contributed by atoms with E-state index in [0.717, 1.165) is 6.42 Å². The first kappa shape index (κ1) is 10.2. The molecule has 1 aromatic heterocycles. The summed E-state index contributed by atoms with van der Waals surface area (Å²) >= 11 is 0. The van der Waals surface area contributed by atoms with Crippen LogP contribution in [0.2, 0.25) is 0 Å². The van der Waals surface area contributed by atoms with Gasteiger partial charge in [0.2, 0.25) is 0 Å². The Bertz CT molecular complexity index is 253. The zero-order chi connectivity index (χ0) is 9.68. The predicted octanol–water partition coefficient (Wildman–Crippen LogP) is 3.55. The Labute approximate surface area is 81.2 Å². The van der Waals surface area contributed by atoms with Gasteiger partial charge in [0.15, 0.2) is 0 Å². The first-order valence-electron chi connectivity index (χ1n) is 5.19. The fourth-order valence-corrected chi connectivity index (χ4v) is 1.53. The quantitative estimate of drug-likeness (QED) is 0.685. The maximum Gasteiger partial charge on any atom is 0.0438 e. The Balaban J connectivity index is 2.78. The van der Waals surface area contributed by atoms with Crippen molar-refractivity contribution in [2.45, 2.75) is 46.0 Å². The van der Waals surface area contributed by atoms with Crippen molar-refractivity contribution in [3.63, 3.8) is 0 Å². The molecule has 72 valence electrons. The van der Waals surface area contributed by atoms with Crippen LogP contribution in [0.5, 0.6) is 0 Å². The van der Waals surface area contributed by atoms with Crippen LogP contribution in [0, 0.1) is 0 Å². The van der Waals surface area contributed by atoms with Crippen LogP contribution in [0.3, 0.4) is 0 Å². The van der Waals surface area contributed by atoms with Gasteiger partial charge in [-0.05, 0) is 30.4 Å². The smallest absolute Gasteiger partial charge is 0.0438 e. The molecule has 0 radical (unpaired) electrons. The highest BCUT2D eigenvalue weighted by atomic mass is 14.7. The molecule has 0 aliphatic rings. The molecule has 1 heterocycles. The van der Waals surface area contributed by atoms with Crippen LogP contribution < -0.4 is 0 Å². The lowest BCUT2D eigenvalue weighted by Crippen LogP contribution is -1.99. The van der Waals surface area contributed by atoms with Gasteiger partial charge in [-0.1, -0.05) is 33.3 Å². The summed E-state index contributed by atoms with van der Waals surface area (Å²) in [6.07, 6.45) is 5.52. The summed E-state index contributed by atoms with van der Waals surface area (Å²) in [6.45, 7) is 6.68. The van der Waals surface area contributed by atoms with Gasteiger partial charge in [0.05, 0.1) is 0 Å². The van der Waals surface area contributed by atoms with Crippen molar-refractivity contribution in [2.24, 2.45) is 0 Å². The molecule has 0 aliphatic carbocycles. The van der Waals surface area contributed by atoms with Crippen molar-refractivity contribution in [3.05, 3.63) is 29.6 Å². The summed E-state index contributed by atoms with van der Waals surface area (Å²) in [6, 6.07) is 4.23. The molecule has 1 rings (SSSR count). The van der Waals surface area contributed by atoms with Crippen LogP contribution in [0.1, 0.15) is 50.8 Å². The second kappa shape index (κ2) is 5.00. The van der Waals surface area contributed by atoms with Crippen molar-refractivity contribution < 1.29 is 0 Å². The molecule has 0 fully saturated rings. The molecular weight excluding hydrogens is 158 g/mol. The van der Waals surface area contributed by atoms with Crippen molar-refractivity contribution in [2.75, 3.05) is 0 Å². The van der Waals surface area contributed by atoms with E-state index in [9.17, 15) is 0 Å². The Kier molecular flexibility index (Phi) is 3.94. The second-order valence-corrected chi connectivity index (χ2v) is 3.80. The number of hydrogen-bond acceptors (Lipinski definition) is 1. The lowest BCUT2D eigenvalue weighted by molar-refractivity contribution is 0.745. The normalized spacial score (nSPS) is 10.8. The van der Waals surface area contributed by atoms with Gasteiger partial charge >= 0.3 is 0 Å². The van der Waals surface area contributed by atoms with Gasteiger partial charge in [-0.2, -0.15) is 0 Å². The number of rotatable bonds is 4. The highest BCUT2D eigenvalue weighted by Crippen LogP contribution is 2.18. The molecule has 0 aromatic carbocycles. The van der Waals surface area contributed by atoms with Crippen molar-refractivity contribution in [1.29, 1.82) is 0 Å². The zero-order valence-electron chi connectivity index (χ0n) is 8.88. The van der Waals surface area contributed by atoms with Crippen molar-refractivity contribution in [1.82, 2.24) is 4.98 Å². The molecule has 0 aliphatic heterocycles. The molecule has 0 spiro atoms. The molecule has 0 saturated carbocycles. The molecule has 1 nitrogen and oxygen atoms in total. The largest absolute Gasteiger partial charge is 0.261 e. The first-order chi connectivity index (χ1) is 6.25. The highest BCUT2D eigenvalue weighted by molar-refractivity contribution is 5.23. The molecule has 0 atom stereocenters. The van der Waals surface area contributed by atoms with Gasteiger partial charge in [-0.25, -0.2) is 0 Å². The third kappa shape index (κ3) is 2.83. The SMILES string of the molecule is CCCCc1ncccc1C(C)C. The third-order valence-electron chi connectivity index (χ3n) is 2.31. The maximum atomic E-state index is 4.44. The van der Waals surface area contributed by atoms with E-state index in [1.54, 1.807) is 0 Å². The Hall–Kier alpha value is -0.850. The summed E-state index contributed by atoms with van der Waals surface area (Å²) in [5, 5.41) is 0. The molecule has 1 heteroatoms. The topological polar surface area (TPSA) is 12.9 Å². The highest BCUT2D eigenvalue weighted by Gasteiger charge is 2.05. The van der Waals surface area contributed by atoms with Crippen LogP contribution in [0.25, 0.3) is 0 Å². The monoisotopic (exact) mass is 177 g/mol. The molecule has 1 aromatic rings. The van der Waals surface area contributed by atoms with Gasteiger partial charge in [-0.3, -0.25) is 4.98 Å². The second-order valence-electron chi connectivity index (χ2n) is 3.80. The number of aromatic nitrogens is 1. The molecule has 0 unspecified atom stereocenters. The van der Waals surface area contributed by atoms with Gasteiger partial charge in [0.25, 0.3) is 0 Å². The molecule has 0 amide bonds. The predicted molar refractivity (Wildman–Crippen MR) is 56.9 cm³/mol. The van der Waals surface area contributed by atoms with Crippen LogP contribution in [-0.4, -0.2) is 4.98 Å². The maximum absolute atomic E-state index is 4.44. The van der Waals surface area contributed by atoms with Crippen molar-refractivity contribution in [3.8, 4) is 0 Å². The van der Waals surface area contributed by atoms with E-state index in [1.165, 1.54) is 24.1 Å². The Morgan fingerprint density at radius 2 is 2.15 bits per heavy atom. The number of nitrogens with zero attached hydrogens (tertiary/aromatic N) is 1. The molecule has 0 saturated heterocycles. The van der Waals surface area contributed by atoms with Gasteiger partial charge in [0, 0.05) is 11.9 Å². The fraction of sp³-hybridized carbons (Fsp3) is 0.583. The summed E-state index contributed by atoms with van der Waals surface area (Å²) in [5.74, 6) is 0.598. The minimum atomic E-state index is 0.598. The van der Waals surface area contributed by atoms with E-state index in [-0.39, 0.29) is 0 Å². The summed E-state index contributed by atoms with van der Waals surface area (Å²) in [7, 11) is 0. The van der Waals surface area contributed by atoms with Gasteiger partial charge in [-0.15, -0.1) is 0 Å². The number of unbranched alkanes of at least 4 members (excludes halogenated alkanes) is 1. The number of hydrogen-bond donors (Lipinski definition) is 0. The van der Waals surface area contributed by atoms with Crippen LogP contribution >= 0.6 is 0 Å². The van der Waals surface area contributed by atoms with E-state index >= 15 is 0 Å². The molecule has 0 bridgehead atoms. The standard InChI is InChI=1S/C12H19N/c1-4-5-8-12-11(10(2)3)7-6-9-13-12/h6-7,9-10H,4-5,8H2,1-3H3. The average molecular weight is 177 g/mol. The average Bonchev–Trinajstić information content (AvgIpc) is 2.15. The zero-order valence-corrected chi connectivity index (χ0v) is 8.88. The van der Waals surface area contributed by atoms with Gasteiger partial charge in [0.1, 0.15) is 0 Å². The summed E-state index contributed by atoms with van der Waals surface area (Å²) in [4.78, 5) is 4.44. The lowest BCUT2D eigenvalue weighted by atomic mass is 9.99. The van der Waals surface area contributed by atoms with Crippen LogP contribution in [0.15, 0.2) is 18.3 Å². The van der Waals surface area contributed by atoms with Crippen molar-refractivity contribution >= 4 is 0 Å². The molecule has 13 heavy (non-hydrogen) atoms.